The second-order valence-electron chi connectivity index (χ2n) is 4.70. The van der Waals surface area contributed by atoms with Crippen molar-refractivity contribution in [3.8, 4) is 5.75 Å². The number of rotatable bonds is 4. The van der Waals surface area contributed by atoms with Crippen molar-refractivity contribution in [2.24, 2.45) is 0 Å². The lowest BCUT2D eigenvalue weighted by Gasteiger charge is -2.19. The summed E-state index contributed by atoms with van der Waals surface area (Å²) in [5.74, 6) is 0.0362. The van der Waals surface area contributed by atoms with Gasteiger partial charge in [-0.15, -0.1) is 0 Å². The van der Waals surface area contributed by atoms with Crippen molar-refractivity contribution < 1.29 is 14.6 Å². The van der Waals surface area contributed by atoms with Crippen LogP contribution in [0.5, 0.6) is 5.75 Å². The SMILES string of the molecule is CCOc1c(C2(C(=O)O)CC2)ccc(C)c1C. The molecule has 0 aromatic heterocycles. The fraction of sp³-hybridized carbons (Fsp3) is 0.500. The summed E-state index contributed by atoms with van der Waals surface area (Å²) in [4.78, 5) is 11.4. The Morgan fingerprint density at radius 2 is 2.06 bits per heavy atom. The molecule has 3 heteroatoms. The molecule has 0 amide bonds. The molecule has 0 radical (unpaired) electrons. The first kappa shape index (κ1) is 12.0. The summed E-state index contributed by atoms with van der Waals surface area (Å²) < 4.78 is 5.66. The van der Waals surface area contributed by atoms with Crippen molar-refractivity contribution in [1.82, 2.24) is 0 Å². The largest absolute Gasteiger partial charge is 0.493 e. The number of hydrogen-bond acceptors (Lipinski definition) is 2. The van der Waals surface area contributed by atoms with Crippen LogP contribution in [0.25, 0.3) is 0 Å². The molecular weight excluding hydrogens is 216 g/mol. The molecule has 1 aromatic rings. The predicted molar refractivity (Wildman–Crippen MR) is 65.6 cm³/mol. The van der Waals surface area contributed by atoms with Crippen LogP contribution in [0, 0.1) is 13.8 Å². The van der Waals surface area contributed by atoms with Crippen LogP contribution in [0.4, 0.5) is 0 Å². The summed E-state index contributed by atoms with van der Waals surface area (Å²) in [6, 6.07) is 3.89. The summed E-state index contributed by atoms with van der Waals surface area (Å²) >= 11 is 0. The Bertz CT molecular complexity index is 459. The van der Waals surface area contributed by atoms with Gasteiger partial charge in [0.05, 0.1) is 12.0 Å². The first-order valence-corrected chi connectivity index (χ1v) is 6.00. The van der Waals surface area contributed by atoms with Gasteiger partial charge < -0.3 is 9.84 Å². The fourth-order valence-corrected chi connectivity index (χ4v) is 2.22. The van der Waals surface area contributed by atoms with Gasteiger partial charge in [0.25, 0.3) is 0 Å². The number of aliphatic carboxylic acids is 1. The summed E-state index contributed by atoms with van der Waals surface area (Å²) in [5.41, 5.74) is 2.34. The lowest BCUT2D eigenvalue weighted by molar-refractivity contribution is -0.140. The van der Waals surface area contributed by atoms with Gasteiger partial charge in [-0.05, 0) is 44.7 Å². The van der Waals surface area contributed by atoms with Crippen molar-refractivity contribution >= 4 is 5.97 Å². The van der Waals surface area contributed by atoms with E-state index in [1.165, 1.54) is 0 Å². The number of carbonyl (C=O) groups is 1. The molecule has 0 heterocycles. The third kappa shape index (κ3) is 1.79. The van der Waals surface area contributed by atoms with Crippen molar-refractivity contribution in [1.29, 1.82) is 0 Å². The Balaban J connectivity index is 2.54. The number of ether oxygens (including phenoxy) is 1. The highest BCUT2D eigenvalue weighted by Gasteiger charge is 2.53. The zero-order valence-electron chi connectivity index (χ0n) is 10.5. The zero-order chi connectivity index (χ0) is 12.6. The van der Waals surface area contributed by atoms with E-state index >= 15 is 0 Å². The molecule has 0 spiro atoms. The van der Waals surface area contributed by atoms with Crippen molar-refractivity contribution in [2.75, 3.05) is 6.61 Å². The monoisotopic (exact) mass is 234 g/mol. The van der Waals surface area contributed by atoms with Crippen molar-refractivity contribution in [2.45, 2.75) is 39.0 Å². The molecule has 1 aromatic carbocycles. The molecule has 0 atom stereocenters. The summed E-state index contributed by atoms with van der Waals surface area (Å²) in [5, 5.41) is 9.35. The minimum Gasteiger partial charge on any atom is -0.493 e. The lowest BCUT2D eigenvalue weighted by Crippen LogP contribution is -2.21. The van der Waals surface area contributed by atoms with Crippen LogP contribution < -0.4 is 4.74 Å². The van der Waals surface area contributed by atoms with Crippen molar-refractivity contribution in [3.63, 3.8) is 0 Å². The van der Waals surface area contributed by atoms with Crippen molar-refractivity contribution in [3.05, 3.63) is 28.8 Å². The van der Waals surface area contributed by atoms with E-state index in [0.29, 0.717) is 19.4 Å². The maximum atomic E-state index is 11.4. The van der Waals surface area contributed by atoms with Gasteiger partial charge in [0.15, 0.2) is 0 Å². The third-order valence-corrected chi connectivity index (χ3v) is 3.64. The molecule has 1 fully saturated rings. The van der Waals surface area contributed by atoms with Gasteiger partial charge in [-0.2, -0.15) is 0 Å². The lowest BCUT2D eigenvalue weighted by atomic mass is 9.91. The highest BCUT2D eigenvalue weighted by molar-refractivity contribution is 5.86. The third-order valence-electron chi connectivity index (χ3n) is 3.64. The molecule has 92 valence electrons. The summed E-state index contributed by atoms with van der Waals surface area (Å²) in [6.07, 6.45) is 1.43. The molecule has 1 saturated carbocycles. The van der Waals surface area contributed by atoms with Gasteiger partial charge in [0.1, 0.15) is 5.75 Å². The molecule has 0 bridgehead atoms. The van der Waals surface area contributed by atoms with E-state index in [-0.39, 0.29) is 0 Å². The van der Waals surface area contributed by atoms with Crippen LogP contribution in [0.3, 0.4) is 0 Å². The van der Waals surface area contributed by atoms with E-state index in [1.807, 2.05) is 32.9 Å². The van der Waals surface area contributed by atoms with E-state index in [2.05, 4.69) is 0 Å². The maximum absolute atomic E-state index is 11.4. The average molecular weight is 234 g/mol. The molecule has 1 aliphatic carbocycles. The van der Waals surface area contributed by atoms with Gasteiger partial charge in [0.2, 0.25) is 0 Å². The quantitative estimate of drug-likeness (QED) is 0.871. The number of benzene rings is 1. The van der Waals surface area contributed by atoms with Gasteiger partial charge in [-0.25, -0.2) is 0 Å². The minimum absolute atomic E-state index is 0.562. The molecule has 0 aliphatic heterocycles. The minimum atomic E-state index is -0.735. The summed E-state index contributed by atoms with van der Waals surface area (Å²) in [6.45, 7) is 6.49. The zero-order valence-corrected chi connectivity index (χ0v) is 10.5. The van der Waals surface area contributed by atoms with Crippen LogP contribution in [0.15, 0.2) is 12.1 Å². The highest BCUT2D eigenvalue weighted by atomic mass is 16.5. The molecule has 0 unspecified atom stereocenters. The molecule has 3 nitrogen and oxygen atoms in total. The van der Waals surface area contributed by atoms with E-state index in [9.17, 15) is 9.90 Å². The molecule has 2 rings (SSSR count). The smallest absolute Gasteiger partial charge is 0.314 e. The van der Waals surface area contributed by atoms with E-state index in [1.54, 1.807) is 0 Å². The number of aryl methyl sites for hydroxylation is 1. The molecular formula is C14H18O3. The van der Waals surface area contributed by atoms with E-state index < -0.39 is 11.4 Å². The van der Waals surface area contributed by atoms with Crippen LogP contribution in [0.1, 0.15) is 36.5 Å². The first-order chi connectivity index (χ1) is 8.03. The first-order valence-electron chi connectivity index (χ1n) is 6.00. The van der Waals surface area contributed by atoms with Gasteiger partial charge in [-0.3, -0.25) is 4.79 Å². The maximum Gasteiger partial charge on any atom is 0.314 e. The van der Waals surface area contributed by atoms with Gasteiger partial charge in [-0.1, -0.05) is 12.1 Å². The van der Waals surface area contributed by atoms with Crippen LogP contribution in [-0.2, 0) is 10.2 Å². The average Bonchev–Trinajstić information content (AvgIpc) is 3.06. The van der Waals surface area contributed by atoms with Crippen LogP contribution in [0.2, 0.25) is 0 Å². The number of carboxylic acid groups (broad SMARTS) is 1. The van der Waals surface area contributed by atoms with Gasteiger partial charge in [0, 0.05) is 5.56 Å². The molecule has 1 aliphatic rings. The van der Waals surface area contributed by atoms with Crippen LogP contribution >= 0.6 is 0 Å². The predicted octanol–water partition coefficient (Wildman–Crippen LogP) is 2.82. The van der Waals surface area contributed by atoms with Crippen LogP contribution in [-0.4, -0.2) is 17.7 Å². The normalized spacial score (nSPS) is 16.6. The second kappa shape index (κ2) is 4.06. The fourth-order valence-electron chi connectivity index (χ4n) is 2.22. The molecule has 17 heavy (non-hydrogen) atoms. The van der Waals surface area contributed by atoms with Gasteiger partial charge >= 0.3 is 5.97 Å². The Hall–Kier alpha value is -1.51. The second-order valence-corrected chi connectivity index (χ2v) is 4.70. The number of carboxylic acids is 1. The van der Waals surface area contributed by atoms with E-state index in [4.69, 9.17) is 4.74 Å². The Morgan fingerprint density at radius 1 is 1.41 bits per heavy atom. The summed E-state index contributed by atoms with van der Waals surface area (Å²) in [7, 11) is 0. The molecule has 0 saturated heterocycles. The Morgan fingerprint density at radius 3 is 2.53 bits per heavy atom. The standard InChI is InChI=1S/C14H18O3/c1-4-17-12-10(3)9(2)5-6-11(12)14(7-8-14)13(15)16/h5-6H,4,7-8H2,1-3H3,(H,15,16). The molecule has 1 N–H and O–H groups in total. The number of hydrogen-bond donors (Lipinski definition) is 1. The van der Waals surface area contributed by atoms with E-state index in [0.717, 1.165) is 22.4 Å². The highest BCUT2D eigenvalue weighted by Crippen LogP contribution is 2.52. The Labute approximate surface area is 101 Å². The Kier molecular flexibility index (Phi) is 2.86. The topological polar surface area (TPSA) is 46.5 Å².